The number of nitrogens with zero attached hydrogens (tertiary/aromatic N) is 1. The number of alkyl carbamates (subject to hydrolysis) is 1. The predicted octanol–water partition coefficient (Wildman–Crippen LogP) is 8.63. The zero-order valence-electron chi connectivity index (χ0n) is 26.1. The molecule has 0 radical (unpaired) electrons. The number of imide groups is 1. The van der Waals surface area contributed by atoms with Crippen LogP contribution in [0.1, 0.15) is 86.9 Å². The fourth-order valence-corrected chi connectivity index (χ4v) is 6.57. The molecule has 0 unspecified atom stereocenters. The molecule has 1 aliphatic rings. The highest BCUT2D eigenvalue weighted by Gasteiger charge is 2.33. The molecule has 5 aromatic carbocycles. The van der Waals surface area contributed by atoms with Crippen LogP contribution >= 0.6 is 0 Å². The minimum Gasteiger partial charge on any atom is -0.444 e. The van der Waals surface area contributed by atoms with Crippen molar-refractivity contribution in [2.24, 2.45) is 0 Å². The summed E-state index contributed by atoms with van der Waals surface area (Å²) in [4.78, 5) is 40.4. The van der Waals surface area contributed by atoms with Gasteiger partial charge in [-0.2, -0.15) is 0 Å². The van der Waals surface area contributed by atoms with Crippen LogP contribution in [0.25, 0.3) is 43.1 Å². The summed E-state index contributed by atoms with van der Waals surface area (Å²) < 4.78 is 5.29. The Balaban J connectivity index is 1.26. The van der Waals surface area contributed by atoms with Crippen LogP contribution in [-0.2, 0) is 4.74 Å². The lowest BCUT2D eigenvalue weighted by atomic mass is 9.84. The van der Waals surface area contributed by atoms with Gasteiger partial charge in [0, 0.05) is 47.2 Å². The number of amides is 3. The maximum atomic E-state index is 13.6. The summed E-state index contributed by atoms with van der Waals surface area (Å²) >= 11 is 0. The highest BCUT2D eigenvalue weighted by molar-refractivity contribution is 6.38. The van der Waals surface area contributed by atoms with Crippen molar-refractivity contribution >= 4 is 66.7 Å². The summed E-state index contributed by atoms with van der Waals surface area (Å²) in [6, 6.07) is 18.6. The third kappa shape index (κ3) is 5.40. The number of anilines is 1. The van der Waals surface area contributed by atoms with Gasteiger partial charge in [0.25, 0.3) is 11.8 Å². The molecule has 7 nitrogen and oxygen atoms in total. The molecule has 1 aliphatic heterocycles. The number of benzene rings is 5. The standard InChI is InChI=1S/C37H41N3O4/c1-5-6-10-22-40-34(41)28-16-14-25-23-12-11-13-27-30(38-20-8-7-9-21-39-36(43)44-37(2,3)4)19-18-24(31(23)27)26-15-17-29(35(40)42)33(28)32(25)26/h11-19,38H,5-10,20-22H2,1-4H3,(H,39,43). The van der Waals surface area contributed by atoms with Gasteiger partial charge in [-0.25, -0.2) is 4.79 Å². The van der Waals surface area contributed by atoms with Gasteiger partial charge in [-0.15, -0.1) is 0 Å². The van der Waals surface area contributed by atoms with Crippen molar-refractivity contribution in [1.82, 2.24) is 10.2 Å². The number of rotatable bonds is 11. The Morgan fingerprint density at radius 3 is 2.00 bits per heavy atom. The fraction of sp³-hybridized carbons (Fsp3) is 0.378. The van der Waals surface area contributed by atoms with Crippen LogP contribution < -0.4 is 10.6 Å². The molecule has 3 amide bonds. The van der Waals surface area contributed by atoms with Crippen molar-refractivity contribution in [2.45, 2.75) is 71.8 Å². The zero-order chi connectivity index (χ0) is 31.0. The van der Waals surface area contributed by atoms with Gasteiger partial charge >= 0.3 is 6.09 Å². The van der Waals surface area contributed by atoms with Gasteiger partial charge in [-0.1, -0.05) is 56.2 Å². The molecule has 0 saturated heterocycles. The van der Waals surface area contributed by atoms with E-state index in [-0.39, 0.29) is 17.9 Å². The molecule has 0 aliphatic carbocycles. The van der Waals surface area contributed by atoms with Crippen LogP contribution in [0.3, 0.4) is 0 Å². The molecule has 2 N–H and O–H groups in total. The van der Waals surface area contributed by atoms with Gasteiger partial charge in [-0.3, -0.25) is 14.5 Å². The molecule has 5 aromatic rings. The first-order valence-electron chi connectivity index (χ1n) is 15.9. The minimum absolute atomic E-state index is 0.188. The molecule has 0 aromatic heterocycles. The van der Waals surface area contributed by atoms with E-state index < -0.39 is 5.60 Å². The quantitative estimate of drug-likeness (QED) is 0.0695. The maximum absolute atomic E-state index is 13.6. The van der Waals surface area contributed by atoms with Crippen LogP contribution in [0.2, 0.25) is 0 Å². The van der Waals surface area contributed by atoms with E-state index in [4.69, 9.17) is 4.74 Å². The molecular formula is C37H41N3O4. The summed E-state index contributed by atoms with van der Waals surface area (Å²) in [5, 5.41) is 14.9. The third-order valence-corrected chi connectivity index (χ3v) is 8.56. The Labute approximate surface area is 258 Å². The van der Waals surface area contributed by atoms with Crippen LogP contribution in [0.5, 0.6) is 0 Å². The molecule has 1 heterocycles. The predicted molar refractivity (Wildman–Crippen MR) is 179 cm³/mol. The van der Waals surface area contributed by atoms with Crippen molar-refractivity contribution in [3.05, 3.63) is 65.7 Å². The second kappa shape index (κ2) is 11.9. The second-order valence-corrected chi connectivity index (χ2v) is 12.8. The number of carbonyl (C=O) groups is 3. The van der Waals surface area contributed by atoms with Crippen molar-refractivity contribution in [1.29, 1.82) is 0 Å². The van der Waals surface area contributed by atoms with Crippen molar-refractivity contribution < 1.29 is 19.1 Å². The molecule has 44 heavy (non-hydrogen) atoms. The van der Waals surface area contributed by atoms with Gasteiger partial charge in [-0.05, 0) is 97.0 Å². The first-order valence-corrected chi connectivity index (χ1v) is 15.9. The summed E-state index contributed by atoms with van der Waals surface area (Å²) in [5.74, 6) is -0.377. The lowest BCUT2D eigenvalue weighted by molar-refractivity contribution is 0.0525. The van der Waals surface area contributed by atoms with E-state index in [1.54, 1.807) is 0 Å². The normalized spacial score (nSPS) is 13.5. The van der Waals surface area contributed by atoms with Crippen molar-refractivity contribution in [3.8, 4) is 0 Å². The highest BCUT2D eigenvalue weighted by Crippen LogP contribution is 2.45. The van der Waals surface area contributed by atoms with E-state index in [1.165, 1.54) is 10.3 Å². The topological polar surface area (TPSA) is 87.7 Å². The first-order chi connectivity index (χ1) is 21.2. The van der Waals surface area contributed by atoms with Gasteiger partial charge in [0.2, 0.25) is 0 Å². The van der Waals surface area contributed by atoms with Gasteiger partial charge < -0.3 is 15.4 Å². The van der Waals surface area contributed by atoms with E-state index in [9.17, 15) is 14.4 Å². The summed E-state index contributed by atoms with van der Waals surface area (Å²) in [6.07, 6.45) is 5.32. The number of nitrogens with one attached hydrogen (secondary N) is 2. The average molecular weight is 592 g/mol. The summed E-state index contributed by atoms with van der Waals surface area (Å²) in [7, 11) is 0. The van der Waals surface area contributed by atoms with Crippen LogP contribution in [0.15, 0.2) is 54.6 Å². The number of fused-ring (bicyclic) bond motifs is 2. The molecule has 0 bridgehead atoms. The summed E-state index contributed by atoms with van der Waals surface area (Å²) in [5.41, 5.74) is 1.83. The number of hydrogen-bond acceptors (Lipinski definition) is 5. The average Bonchev–Trinajstić information content (AvgIpc) is 2.99. The molecule has 0 atom stereocenters. The Bertz CT molecular complexity index is 1820. The fourth-order valence-electron chi connectivity index (χ4n) is 6.57. The third-order valence-electron chi connectivity index (χ3n) is 8.56. The summed E-state index contributed by atoms with van der Waals surface area (Å²) in [6.45, 7) is 9.57. The Morgan fingerprint density at radius 2 is 1.32 bits per heavy atom. The molecule has 0 saturated carbocycles. The molecule has 0 fully saturated rings. The number of ether oxygens (including phenoxy) is 1. The van der Waals surface area contributed by atoms with Gasteiger partial charge in [0.05, 0.1) is 0 Å². The van der Waals surface area contributed by atoms with Crippen LogP contribution in [-0.4, -0.2) is 48.0 Å². The number of carbonyl (C=O) groups excluding carboxylic acids is 3. The second-order valence-electron chi connectivity index (χ2n) is 12.8. The molecule has 6 rings (SSSR count). The Hall–Kier alpha value is -4.39. The first kappa shape index (κ1) is 29.7. The molecule has 7 heteroatoms. The Morgan fingerprint density at radius 1 is 0.705 bits per heavy atom. The van der Waals surface area contributed by atoms with E-state index in [2.05, 4.69) is 60.0 Å². The monoisotopic (exact) mass is 591 g/mol. The van der Waals surface area contributed by atoms with Crippen molar-refractivity contribution in [2.75, 3.05) is 25.0 Å². The SMILES string of the molecule is CCCCCN1C(=O)c2ccc3c4cccc5c(NCCCCCNC(=O)OC(C)(C)C)ccc(c6ccc(c2c36)C1=O)c54. The van der Waals surface area contributed by atoms with E-state index in [0.29, 0.717) is 24.2 Å². The van der Waals surface area contributed by atoms with E-state index in [0.717, 1.165) is 88.5 Å². The highest BCUT2D eigenvalue weighted by atomic mass is 16.6. The van der Waals surface area contributed by atoms with E-state index in [1.807, 2.05) is 32.9 Å². The van der Waals surface area contributed by atoms with Crippen LogP contribution in [0.4, 0.5) is 10.5 Å². The lowest BCUT2D eigenvalue weighted by Gasteiger charge is -2.28. The minimum atomic E-state index is -0.491. The van der Waals surface area contributed by atoms with Gasteiger partial charge in [0.15, 0.2) is 0 Å². The van der Waals surface area contributed by atoms with Crippen molar-refractivity contribution in [3.63, 3.8) is 0 Å². The largest absolute Gasteiger partial charge is 0.444 e. The molecule has 0 spiro atoms. The zero-order valence-corrected chi connectivity index (χ0v) is 26.1. The number of hydrogen-bond donors (Lipinski definition) is 2. The molecular weight excluding hydrogens is 550 g/mol. The molecule has 228 valence electrons. The lowest BCUT2D eigenvalue weighted by Crippen LogP contribution is -2.40. The smallest absolute Gasteiger partial charge is 0.407 e. The van der Waals surface area contributed by atoms with Gasteiger partial charge in [0.1, 0.15) is 5.60 Å². The van der Waals surface area contributed by atoms with Crippen LogP contribution in [0, 0.1) is 0 Å². The maximum Gasteiger partial charge on any atom is 0.407 e. The Kier molecular flexibility index (Phi) is 8.06. The number of unbranched alkanes of at least 4 members (excludes halogenated alkanes) is 4. The van der Waals surface area contributed by atoms with E-state index >= 15 is 0 Å².